The molecule has 0 amide bonds. The van der Waals surface area contributed by atoms with E-state index in [1.165, 1.54) is 18.4 Å². The topological polar surface area (TPSA) is 35.0 Å². The van der Waals surface area contributed by atoms with Crippen LogP contribution in [-0.2, 0) is 0 Å². The molecule has 1 radical (unpaired) electrons. The first-order valence-electron chi connectivity index (χ1n) is 6.00. The molecule has 6 heteroatoms. The minimum absolute atomic E-state index is 0.401. The third-order valence-corrected chi connectivity index (χ3v) is 4.00. The van der Waals surface area contributed by atoms with Crippen molar-refractivity contribution in [3.05, 3.63) is 51.4 Å². The van der Waals surface area contributed by atoms with Crippen molar-refractivity contribution in [1.29, 1.82) is 0 Å². The van der Waals surface area contributed by atoms with E-state index in [2.05, 4.69) is 15.5 Å². The molecule has 0 fully saturated rings. The zero-order valence-electron chi connectivity index (χ0n) is 10.9. The van der Waals surface area contributed by atoms with E-state index >= 15 is 0 Å². The largest absolute Gasteiger partial charge is 0.480 e. The lowest BCUT2D eigenvalue weighted by Crippen LogP contribution is -1.91. The number of rotatable bonds is 3. The van der Waals surface area contributed by atoms with Gasteiger partial charge in [-0.05, 0) is 23.8 Å². The molecule has 0 aliphatic rings. The molecule has 0 bridgehead atoms. The highest BCUT2D eigenvalue weighted by Crippen LogP contribution is 2.36. The van der Waals surface area contributed by atoms with Gasteiger partial charge >= 0.3 is 0 Å². The smallest absolute Gasteiger partial charge is 0.232 e. The van der Waals surface area contributed by atoms with E-state index in [0.29, 0.717) is 15.9 Å². The summed E-state index contributed by atoms with van der Waals surface area (Å²) in [6.45, 7) is 0. The molecule has 0 N–H and O–H groups in total. The van der Waals surface area contributed by atoms with Crippen molar-refractivity contribution in [2.45, 2.75) is 0 Å². The molecule has 2 aromatic heterocycles. The first-order valence-corrected chi connectivity index (χ1v) is 7.64. The number of ether oxygens (including phenoxy) is 1. The van der Waals surface area contributed by atoms with E-state index in [0.717, 1.165) is 22.4 Å². The van der Waals surface area contributed by atoms with Crippen LogP contribution in [-0.4, -0.2) is 17.1 Å². The van der Waals surface area contributed by atoms with Gasteiger partial charge < -0.3 is 4.74 Å². The lowest BCUT2D eigenvalue weighted by molar-refractivity contribution is 0.398. The average molecular weight is 336 g/mol. The van der Waals surface area contributed by atoms with Crippen molar-refractivity contribution in [3.63, 3.8) is 0 Å². The van der Waals surface area contributed by atoms with Crippen LogP contribution in [0.15, 0.2) is 35.8 Å². The molecule has 0 saturated carbocycles. The maximum atomic E-state index is 6.15. The molecule has 3 rings (SSSR count). The number of thiazole rings is 1. The highest BCUT2D eigenvalue weighted by atomic mass is 35.5. The summed E-state index contributed by atoms with van der Waals surface area (Å²) in [6.07, 6.45) is 1.72. The number of hydrogen-bond donors (Lipinski definition) is 0. The van der Waals surface area contributed by atoms with E-state index in [9.17, 15) is 0 Å². The maximum absolute atomic E-state index is 6.15. The summed E-state index contributed by atoms with van der Waals surface area (Å²) in [5.41, 5.74) is 6.42. The minimum Gasteiger partial charge on any atom is -0.480 e. The minimum atomic E-state index is 0.401. The molecule has 21 heavy (non-hydrogen) atoms. The number of halogens is 2. The Morgan fingerprint density at radius 3 is 2.71 bits per heavy atom. The van der Waals surface area contributed by atoms with Gasteiger partial charge in [0.25, 0.3) is 0 Å². The summed E-state index contributed by atoms with van der Waals surface area (Å²) in [4.78, 5) is 8.43. The number of nitrogens with zero attached hydrogens (tertiary/aromatic N) is 2. The quantitative estimate of drug-likeness (QED) is 0.676. The van der Waals surface area contributed by atoms with Crippen LogP contribution < -0.4 is 4.74 Å². The monoisotopic (exact) mass is 335 g/mol. The second kappa shape index (κ2) is 6.02. The normalized spacial score (nSPS) is 10.6. The number of pyridine rings is 1. The molecule has 105 valence electrons. The molecule has 0 atom stereocenters. The standard InChI is InChI=1S/C15H9Cl2N2OS/c1-20-15-13(17)4-9(6-18-15)11-3-2-10(16)5-12(11)14-7-21-8-19-14/h2-7H,1H3. The van der Waals surface area contributed by atoms with E-state index in [4.69, 9.17) is 27.9 Å². The lowest BCUT2D eigenvalue weighted by Gasteiger charge is -2.10. The molecular formula is C15H9Cl2N2OS. The Morgan fingerprint density at radius 1 is 1.19 bits per heavy atom. The fourth-order valence-electron chi connectivity index (χ4n) is 2.01. The summed E-state index contributed by atoms with van der Waals surface area (Å²) in [5, 5.41) is 3.03. The molecule has 1 aromatic carbocycles. The Hall–Kier alpha value is -1.62. The molecular weight excluding hydrogens is 327 g/mol. The fourth-order valence-corrected chi connectivity index (χ4v) is 2.92. The third-order valence-electron chi connectivity index (χ3n) is 2.96. The molecule has 0 aliphatic heterocycles. The van der Waals surface area contributed by atoms with Crippen molar-refractivity contribution in [2.24, 2.45) is 0 Å². The third kappa shape index (κ3) is 2.88. The highest BCUT2D eigenvalue weighted by molar-refractivity contribution is 7.07. The van der Waals surface area contributed by atoms with E-state index in [1.54, 1.807) is 6.20 Å². The van der Waals surface area contributed by atoms with Crippen molar-refractivity contribution < 1.29 is 4.74 Å². The van der Waals surface area contributed by atoms with Gasteiger partial charge in [-0.2, -0.15) is 0 Å². The maximum Gasteiger partial charge on any atom is 0.232 e. The van der Waals surface area contributed by atoms with Crippen molar-refractivity contribution in [3.8, 4) is 28.3 Å². The van der Waals surface area contributed by atoms with Crippen molar-refractivity contribution >= 4 is 34.5 Å². The summed E-state index contributed by atoms with van der Waals surface area (Å²) >= 11 is 13.7. The molecule has 3 nitrogen and oxygen atoms in total. The van der Waals surface area contributed by atoms with Crippen molar-refractivity contribution in [1.82, 2.24) is 9.97 Å². The second-order valence-corrected chi connectivity index (χ2v) is 5.73. The van der Waals surface area contributed by atoms with Crippen LogP contribution in [0.5, 0.6) is 5.88 Å². The Balaban J connectivity index is 2.16. The van der Waals surface area contributed by atoms with Crippen LogP contribution in [0.4, 0.5) is 0 Å². The molecule has 2 heterocycles. The Labute approximate surface area is 136 Å². The number of benzene rings is 1. The predicted molar refractivity (Wildman–Crippen MR) is 86.2 cm³/mol. The van der Waals surface area contributed by atoms with Crippen LogP contribution in [0.1, 0.15) is 0 Å². The van der Waals surface area contributed by atoms with Gasteiger partial charge in [0.2, 0.25) is 5.88 Å². The molecule has 0 aliphatic carbocycles. The van der Waals surface area contributed by atoms with Crippen LogP contribution in [0.2, 0.25) is 10.0 Å². The number of hydrogen-bond acceptors (Lipinski definition) is 4. The van der Waals surface area contributed by atoms with Gasteiger partial charge in [0.15, 0.2) is 5.51 Å². The fraction of sp³-hybridized carbons (Fsp3) is 0.0667. The van der Waals surface area contributed by atoms with Crippen molar-refractivity contribution in [2.75, 3.05) is 7.11 Å². The Morgan fingerprint density at radius 2 is 2.05 bits per heavy atom. The molecule has 3 aromatic rings. The van der Waals surface area contributed by atoms with Crippen LogP contribution >= 0.6 is 34.5 Å². The Bertz CT molecular complexity index is 775. The van der Waals surface area contributed by atoms with Gasteiger partial charge in [0.05, 0.1) is 12.8 Å². The van der Waals surface area contributed by atoms with Gasteiger partial charge in [-0.15, -0.1) is 11.3 Å². The lowest BCUT2D eigenvalue weighted by atomic mass is 9.99. The van der Waals surface area contributed by atoms with Crippen LogP contribution in [0.25, 0.3) is 22.4 Å². The van der Waals surface area contributed by atoms with E-state index in [1.807, 2.05) is 29.6 Å². The molecule has 0 unspecified atom stereocenters. The summed E-state index contributed by atoms with van der Waals surface area (Å²) in [7, 11) is 1.53. The van der Waals surface area contributed by atoms with Crippen LogP contribution in [0.3, 0.4) is 0 Å². The number of aromatic nitrogens is 2. The first kappa shape index (κ1) is 14.3. The SMILES string of the molecule is COc1ncc(-c2ccc(Cl)cc2-c2cs[c]n2)cc1Cl. The van der Waals surface area contributed by atoms with Gasteiger partial charge in [-0.1, -0.05) is 29.3 Å². The zero-order chi connectivity index (χ0) is 14.8. The van der Waals surface area contributed by atoms with Gasteiger partial charge in [0.1, 0.15) is 5.02 Å². The van der Waals surface area contributed by atoms with Gasteiger partial charge in [0, 0.05) is 27.7 Å². The van der Waals surface area contributed by atoms with Gasteiger partial charge in [-0.25, -0.2) is 9.97 Å². The highest BCUT2D eigenvalue weighted by Gasteiger charge is 2.12. The van der Waals surface area contributed by atoms with E-state index < -0.39 is 0 Å². The summed E-state index contributed by atoms with van der Waals surface area (Å²) < 4.78 is 5.08. The predicted octanol–water partition coefficient (Wildman–Crippen LogP) is 4.99. The molecule has 0 spiro atoms. The average Bonchev–Trinajstić information content (AvgIpc) is 3.01. The zero-order valence-corrected chi connectivity index (χ0v) is 13.3. The van der Waals surface area contributed by atoms with Crippen LogP contribution in [0, 0.1) is 5.51 Å². The summed E-state index contributed by atoms with van der Waals surface area (Å²) in [6, 6.07) is 7.44. The second-order valence-electron chi connectivity index (χ2n) is 4.23. The molecule has 0 saturated heterocycles. The van der Waals surface area contributed by atoms with Gasteiger partial charge in [-0.3, -0.25) is 0 Å². The first-order chi connectivity index (χ1) is 10.2. The Kier molecular flexibility index (Phi) is 4.10. The van der Waals surface area contributed by atoms with E-state index in [-0.39, 0.29) is 0 Å². The number of methoxy groups -OCH3 is 1. The summed E-state index contributed by atoms with van der Waals surface area (Å²) in [5.74, 6) is 0.401.